The lowest BCUT2D eigenvalue weighted by molar-refractivity contribution is -0.140. The van der Waals surface area contributed by atoms with E-state index in [1.165, 1.54) is 20.1 Å². The molecule has 1 aromatic carbocycles. The summed E-state index contributed by atoms with van der Waals surface area (Å²) in [5.74, 6) is -0.473. The van der Waals surface area contributed by atoms with Gasteiger partial charge in [-0.1, -0.05) is 0 Å². The molecule has 0 aliphatic heterocycles. The lowest BCUT2D eigenvalue weighted by Crippen LogP contribution is -2.11. The Kier molecular flexibility index (Phi) is 4.43. The Hall–Kier alpha value is -2.02. The average Bonchev–Trinajstić information content (AvgIpc) is 2.69. The Morgan fingerprint density at radius 2 is 2.00 bits per heavy atom. The number of alkyl halides is 3. The number of carbonyl (C=O) groups is 1. The first kappa shape index (κ1) is 17.3. The maximum Gasteiger partial charge on any atom is 0.416 e. The van der Waals surface area contributed by atoms with Crippen LogP contribution in [0.5, 0.6) is 0 Å². The minimum atomic E-state index is -4.57. The van der Waals surface area contributed by atoms with Gasteiger partial charge in [-0.15, -0.1) is 0 Å². The zero-order valence-electron chi connectivity index (χ0n) is 13.3. The molecule has 0 fully saturated rings. The first-order valence-electron chi connectivity index (χ1n) is 7.01. The number of fused-ring (bicyclic) bond motifs is 1. The quantitative estimate of drug-likeness (QED) is 0.879. The van der Waals surface area contributed by atoms with Gasteiger partial charge < -0.3 is 14.4 Å². The number of halogens is 3. The second-order valence-corrected chi connectivity index (χ2v) is 5.51. The van der Waals surface area contributed by atoms with Crippen LogP contribution in [-0.2, 0) is 29.2 Å². The SMILES string of the molecule is COC(=O)Cc1c(C)n(C)c2cc(C(F)(F)F)c(C(C)O)cc12. The van der Waals surface area contributed by atoms with Crippen molar-refractivity contribution in [2.75, 3.05) is 7.11 Å². The van der Waals surface area contributed by atoms with E-state index in [0.29, 0.717) is 22.2 Å². The van der Waals surface area contributed by atoms with E-state index in [9.17, 15) is 23.1 Å². The number of aryl methyl sites for hydroxylation is 1. The highest BCUT2D eigenvalue weighted by atomic mass is 19.4. The third kappa shape index (κ3) is 3.06. The summed E-state index contributed by atoms with van der Waals surface area (Å²) in [5.41, 5.74) is 0.566. The molecule has 0 saturated heterocycles. The summed E-state index contributed by atoms with van der Waals surface area (Å²) in [6.45, 7) is 3.01. The number of methoxy groups -OCH3 is 1. The maximum atomic E-state index is 13.2. The Morgan fingerprint density at radius 3 is 2.48 bits per heavy atom. The molecule has 0 radical (unpaired) electrons. The zero-order chi connectivity index (χ0) is 17.5. The minimum absolute atomic E-state index is 0.0374. The third-order valence-electron chi connectivity index (χ3n) is 4.10. The van der Waals surface area contributed by atoms with Crippen LogP contribution in [0.1, 0.15) is 35.4 Å². The van der Waals surface area contributed by atoms with E-state index in [4.69, 9.17) is 0 Å². The van der Waals surface area contributed by atoms with Crippen LogP contribution in [0.15, 0.2) is 12.1 Å². The molecule has 23 heavy (non-hydrogen) atoms. The molecule has 7 heteroatoms. The summed E-state index contributed by atoms with van der Waals surface area (Å²) in [4.78, 5) is 11.6. The molecule has 4 nitrogen and oxygen atoms in total. The van der Waals surface area contributed by atoms with Gasteiger partial charge in [0.25, 0.3) is 0 Å². The molecule has 1 aromatic heterocycles. The van der Waals surface area contributed by atoms with E-state index in [-0.39, 0.29) is 12.0 Å². The molecule has 126 valence electrons. The van der Waals surface area contributed by atoms with Gasteiger partial charge in [-0.3, -0.25) is 4.79 Å². The van der Waals surface area contributed by atoms with Crippen LogP contribution < -0.4 is 0 Å². The fraction of sp³-hybridized carbons (Fsp3) is 0.438. The second-order valence-electron chi connectivity index (χ2n) is 5.51. The Labute approximate surface area is 131 Å². The van der Waals surface area contributed by atoms with Crippen LogP contribution in [0.3, 0.4) is 0 Å². The molecule has 0 saturated carbocycles. The Bertz CT molecular complexity index is 760. The van der Waals surface area contributed by atoms with Gasteiger partial charge in [0.1, 0.15) is 0 Å². The highest BCUT2D eigenvalue weighted by molar-refractivity contribution is 5.90. The van der Waals surface area contributed by atoms with Crippen molar-refractivity contribution in [2.24, 2.45) is 7.05 Å². The number of hydrogen-bond acceptors (Lipinski definition) is 3. The molecule has 1 atom stereocenters. The molecular weight excluding hydrogens is 311 g/mol. The molecule has 0 bridgehead atoms. The van der Waals surface area contributed by atoms with Gasteiger partial charge in [-0.25, -0.2) is 0 Å². The van der Waals surface area contributed by atoms with E-state index in [2.05, 4.69) is 4.74 Å². The van der Waals surface area contributed by atoms with Gasteiger partial charge in [-0.2, -0.15) is 13.2 Å². The molecule has 1 N–H and O–H groups in total. The summed E-state index contributed by atoms with van der Waals surface area (Å²) in [6.07, 6.45) is -5.88. The fourth-order valence-corrected chi connectivity index (χ4v) is 2.73. The predicted molar refractivity (Wildman–Crippen MR) is 79.0 cm³/mol. The van der Waals surface area contributed by atoms with Crippen molar-refractivity contribution < 1.29 is 27.8 Å². The number of aromatic nitrogens is 1. The number of ether oxygens (including phenoxy) is 1. The molecule has 0 spiro atoms. The summed E-state index contributed by atoms with van der Waals surface area (Å²) in [7, 11) is 2.90. The monoisotopic (exact) mass is 329 g/mol. The molecule has 1 unspecified atom stereocenters. The van der Waals surface area contributed by atoms with Crippen LogP contribution >= 0.6 is 0 Å². The molecule has 0 amide bonds. The van der Waals surface area contributed by atoms with Gasteiger partial charge in [0.05, 0.1) is 25.2 Å². The largest absolute Gasteiger partial charge is 0.469 e. The van der Waals surface area contributed by atoms with Gasteiger partial charge in [-0.05, 0) is 37.1 Å². The number of aliphatic hydroxyl groups excluding tert-OH is 1. The zero-order valence-corrected chi connectivity index (χ0v) is 13.3. The summed E-state index contributed by atoms with van der Waals surface area (Å²) < 4.78 is 46.0. The smallest absolute Gasteiger partial charge is 0.416 e. The number of benzene rings is 1. The molecule has 1 heterocycles. The molecule has 0 aliphatic carbocycles. The van der Waals surface area contributed by atoms with Crippen molar-refractivity contribution in [1.82, 2.24) is 4.57 Å². The van der Waals surface area contributed by atoms with Crippen molar-refractivity contribution in [3.05, 3.63) is 34.5 Å². The predicted octanol–water partition coefficient (Wildman–Crippen LogP) is 3.27. The highest BCUT2D eigenvalue weighted by Gasteiger charge is 2.35. The normalized spacial score (nSPS) is 13.4. The lowest BCUT2D eigenvalue weighted by atomic mass is 9.98. The van der Waals surface area contributed by atoms with Gasteiger partial charge in [0, 0.05) is 23.6 Å². The maximum absolute atomic E-state index is 13.2. The molecule has 2 aromatic rings. The number of hydrogen-bond donors (Lipinski definition) is 1. The van der Waals surface area contributed by atoms with Gasteiger partial charge in [0.2, 0.25) is 0 Å². The van der Waals surface area contributed by atoms with Crippen molar-refractivity contribution in [3.63, 3.8) is 0 Å². The summed E-state index contributed by atoms with van der Waals surface area (Å²) in [6, 6.07) is 2.33. The van der Waals surface area contributed by atoms with Gasteiger partial charge >= 0.3 is 12.1 Å². The van der Waals surface area contributed by atoms with Gasteiger partial charge in [0.15, 0.2) is 0 Å². The lowest BCUT2D eigenvalue weighted by Gasteiger charge is -2.16. The number of rotatable bonds is 3. The molecular formula is C16H18F3NO3. The molecule has 2 rings (SSSR count). The van der Waals surface area contributed by atoms with Crippen molar-refractivity contribution >= 4 is 16.9 Å². The Balaban J connectivity index is 2.80. The Morgan fingerprint density at radius 1 is 1.39 bits per heavy atom. The van der Waals surface area contributed by atoms with Crippen molar-refractivity contribution in [3.8, 4) is 0 Å². The minimum Gasteiger partial charge on any atom is -0.469 e. The van der Waals surface area contributed by atoms with Crippen LogP contribution in [0.4, 0.5) is 13.2 Å². The van der Waals surface area contributed by atoms with E-state index >= 15 is 0 Å². The number of esters is 1. The van der Waals surface area contributed by atoms with E-state index in [0.717, 1.165) is 6.07 Å². The van der Waals surface area contributed by atoms with Crippen LogP contribution in [-0.4, -0.2) is 22.8 Å². The van der Waals surface area contributed by atoms with E-state index < -0.39 is 23.8 Å². The van der Waals surface area contributed by atoms with Crippen LogP contribution in [0, 0.1) is 6.92 Å². The topological polar surface area (TPSA) is 51.5 Å². The first-order valence-corrected chi connectivity index (χ1v) is 7.01. The number of carbonyl (C=O) groups excluding carboxylic acids is 1. The molecule has 0 aliphatic rings. The fourth-order valence-electron chi connectivity index (χ4n) is 2.73. The van der Waals surface area contributed by atoms with Crippen molar-refractivity contribution in [1.29, 1.82) is 0 Å². The summed E-state index contributed by atoms with van der Waals surface area (Å²) in [5, 5.41) is 10.2. The standard InChI is InChI=1S/C16H18F3NO3/c1-8-10(6-15(22)23-4)12-5-11(9(2)21)13(16(17,18)19)7-14(12)20(8)3/h5,7,9,21H,6H2,1-4H3. The summed E-state index contributed by atoms with van der Waals surface area (Å²) >= 11 is 0. The second kappa shape index (κ2) is 5.88. The van der Waals surface area contributed by atoms with Crippen LogP contribution in [0.2, 0.25) is 0 Å². The highest BCUT2D eigenvalue weighted by Crippen LogP contribution is 2.39. The van der Waals surface area contributed by atoms with E-state index in [1.807, 2.05) is 0 Å². The van der Waals surface area contributed by atoms with Crippen molar-refractivity contribution in [2.45, 2.75) is 32.5 Å². The van der Waals surface area contributed by atoms with Crippen LogP contribution in [0.25, 0.3) is 10.9 Å². The third-order valence-corrected chi connectivity index (χ3v) is 4.10. The average molecular weight is 329 g/mol. The first-order chi connectivity index (χ1) is 10.6. The number of aliphatic hydroxyl groups is 1. The number of nitrogens with zero attached hydrogens (tertiary/aromatic N) is 1. The van der Waals surface area contributed by atoms with E-state index in [1.54, 1.807) is 18.5 Å².